The molecule has 0 radical (unpaired) electrons. The highest BCUT2D eigenvalue weighted by molar-refractivity contribution is 9.10. The van der Waals surface area contributed by atoms with Gasteiger partial charge in [0.25, 0.3) is 0 Å². The molecular formula is C17H18BrClN4S2. The average Bonchev–Trinajstić information content (AvgIpc) is 3.22. The van der Waals surface area contributed by atoms with E-state index < -0.39 is 0 Å². The normalized spacial score (nSPS) is 20.9. The molecule has 0 saturated carbocycles. The summed E-state index contributed by atoms with van der Waals surface area (Å²) in [4.78, 5) is 7.03. The Morgan fingerprint density at radius 2 is 2.36 bits per heavy atom. The van der Waals surface area contributed by atoms with Gasteiger partial charge in [-0.1, -0.05) is 17.7 Å². The maximum atomic E-state index is 6.36. The lowest BCUT2D eigenvalue weighted by molar-refractivity contribution is 0.362. The number of nitrogens with one attached hydrogen (secondary N) is 2. The average molecular weight is 458 g/mol. The number of thiophene rings is 2. The zero-order chi connectivity index (χ0) is 17.4. The zero-order valence-corrected chi connectivity index (χ0v) is 17.4. The molecule has 1 aliphatic heterocycles. The summed E-state index contributed by atoms with van der Waals surface area (Å²) in [7, 11) is 0. The number of anilines is 1. The third-order valence-corrected chi connectivity index (χ3v) is 7.83. The van der Waals surface area contributed by atoms with Crippen molar-refractivity contribution in [3.8, 4) is 0 Å². The van der Waals surface area contributed by atoms with Crippen LogP contribution in [0.2, 0.25) is 5.15 Å². The second-order valence-corrected chi connectivity index (χ2v) is 9.39. The van der Waals surface area contributed by atoms with E-state index in [4.69, 9.17) is 17.3 Å². The second kappa shape index (κ2) is 7.50. The number of halogens is 2. The molecule has 0 aliphatic carbocycles. The van der Waals surface area contributed by atoms with E-state index in [2.05, 4.69) is 49.1 Å². The second-order valence-electron chi connectivity index (χ2n) is 6.12. The molecule has 4 heterocycles. The molecule has 0 unspecified atom stereocenters. The highest BCUT2D eigenvalue weighted by Crippen LogP contribution is 2.43. The van der Waals surface area contributed by atoms with E-state index in [9.17, 15) is 0 Å². The molecular weight excluding hydrogens is 440 g/mol. The minimum Gasteiger partial charge on any atom is -0.379 e. The van der Waals surface area contributed by atoms with Crippen molar-refractivity contribution in [2.45, 2.75) is 31.5 Å². The summed E-state index contributed by atoms with van der Waals surface area (Å²) >= 11 is 13.5. The Bertz CT molecular complexity index is 881. The Balaban J connectivity index is 1.72. The number of piperidine rings is 1. The molecule has 8 heteroatoms. The van der Waals surface area contributed by atoms with Crippen LogP contribution in [0.3, 0.4) is 0 Å². The molecule has 1 saturated heterocycles. The van der Waals surface area contributed by atoms with Crippen molar-refractivity contribution in [1.29, 1.82) is 0 Å². The molecule has 2 atom stereocenters. The summed E-state index contributed by atoms with van der Waals surface area (Å²) in [6.07, 6.45) is 2.16. The predicted molar refractivity (Wildman–Crippen MR) is 112 cm³/mol. The van der Waals surface area contributed by atoms with Crippen molar-refractivity contribution in [2.75, 3.05) is 11.9 Å². The van der Waals surface area contributed by atoms with E-state index >= 15 is 0 Å². The van der Waals surface area contributed by atoms with Gasteiger partial charge in [-0.3, -0.25) is 0 Å². The highest BCUT2D eigenvalue weighted by Gasteiger charge is 2.28. The smallest absolute Gasteiger partial charge is 0.131 e. The van der Waals surface area contributed by atoms with Gasteiger partial charge >= 0.3 is 0 Å². The third-order valence-electron chi connectivity index (χ3n) is 4.40. The van der Waals surface area contributed by atoms with Crippen molar-refractivity contribution in [1.82, 2.24) is 10.3 Å². The number of fused-ring (bicyclic) bond motifs is 1. The fraction of sp³-hybridized carbons (Fsp3) is 0.353. The van der Waals surface area contributed by atoms with Crippen LogP contribution >= 0.6 is 50.2 Å². The molecule has 4 rings (SSSR count). The Morgan fingerprint density at radius 3 is 3.12 bits per heavy atom. The van der Waals surface area contributed by atoms with Gasteiger partial charge in [0.2, 0.25) is 0 Å². The Hall–Kier alpha value is -0.700. The lowest BCUT2D eigenvalue weighted by atomic mass is 9.98. The molecule has 132 valence electrons. The minimum atomic E-state index is 0.121. The zero-order valence-electron chi connectivity index (χ0n) is 13.4. The number of aromatic nitrogens is 1. The Kier molecular flexibility index (Phi) is 5.31. The fourth-order valence-corrected chi connectivity index (χ4v) is 6.18. The molecule has 25 heavy (non-hydrogen) atoms. The Labute approximate surface area is 167 Å². The van der Waals surface area contributed by atoms with Gasteiger partial charge in [-0.05, 0) is 46.8 Å². The number of nitrogens with two attached hydrogens (primary N) is 1. The monoisotopic (exact) mass is 456 g/mol. The van der Waals surface area contributed by atoms with Crippen LogP contribution in [0, 0.1) is 0 Å². The predicted octanol–water partition coefficient (Wildman–Crippen LogP) is 5.14. The highest BCUT2D eigenvalue weighted by atomic mass is 79.9. The van der Waals surface area contributed by atoms with Gasteiger partial charge < -0.3 is 16.4 Å². The van der Waals surface area contributed by atoms with E-state index in [0.29, 0.717) is 5.15 Å². The number of hydrogen-bond donors (Lipinski definition) is 3. The van der Waals surface area contributed by atoms with Gasteiger partial charge in [0.15, 0.2) is 0 Å². The van der Waals surface area contributed by atoms with E-state index in [1.807, 2.05) is 6.07 Å². The molecule has 3 aromatic rings. The van der Waals surface area contributed by atoms with Crippen LogP contribution in [0.1, 0.15) is 28.6 Å². The maximum absolute atomic E-state index is 6.36. The van der Waals surface area contributed by atoms with E-state index in [1.165, 1.54) is 9.75 Å². The number of pyridine rings is 1. The van der Waals surface area contributed by atoms with Crippen molar-refractivity contribution in [3.63, 3.8) is 0 Å². The summed E-state index contributed by atoms with van der Waals surface area (Å²) < 4.78 is 2.12. The molecule has 3 aromatic heterocycles. The molecule has 1 aliphatic rings. The van der Waals surface area contributed by atoms with Crippen LogP contribution in [-0.2, 0) is 6.54 Å². The van der Waals surface area contributed by atoms with Gasteiger partial charge in [0, 0.05) is 28.4 Å². The summed E-state index contributed by atoms with van der Waals surface area (Å²) in [6, 6.07) is 6.37. The maximum Gasteiger partial charge on any atom is 0.131 e. The van der Waals surface area contributed by atoms with E-state index in [-0.39, 0.29) is 12.1 Å². The molecule has 1 fully saturated rings. The first kappa shape index (κ1) is 17.7. The van der Waals surface area contributed by atoms with Crippen LogP contribution in [0.5, 0.6) is 0 Å². The lowest BCUT2D eigenvalue weighted by Gasteiger charge is -2.29. The van der Waals surface area contributed by atoms with Gasteiger partial charge in [-0.25, -0.2) is 4.98 Å². The van der Waals surface area contributed by atoms with Crippen molar-refractivity contribution >= 4 is 66.1 Å². The summed E-state index contributed by atoms with van der Waals surface area (Å²) in [5, 5.41) is 9.64. The first-order chi connectivity index (χ1) is 12.1. The summed E-state index contributed by atoms with van der Waals surface area (Å²) in [5.41, 5.74) is 8.28. The van der Waals surface area contributed by atoms with Crippen LogP contribution in [0.15, 0.2) is 28.1 Å². The molecule has 4 nitrogen and oxygen atoms in total. The minimum absolute atomic E-state index is 0.121. The third kappa shape index (κ3) is 3.59. The number of nitrogens with zero attached hydrogens (tertiary/aromatic N) is 1. The van der Waals surface area contributed by atoms with Gasteiger partial charge in [-0.15, -0.1) is 22.7 Å². The Morgan fingerprint density at radius 1 is 1.48 bits per heavy atom. The van der Waals surface area contributed by atoms with Crippen LogP contribution in [-0.4, -0.2) is 17.6 Å². The van der Waals surface area contributed by atoms with Crippen molar-refractivity contribution < 1.29 is 0 Å². The van der Waals surface area contributed by atoms with Crippen molar-refractivity contribution in [2.24, 2.45) is 5.73 Å². The largest absolute Gasteiger partial charge is 0.379 e. The first-order valence-electron chi connectivity index (χ1n) is 8.17. The fourth-order valence-electron chi connectivity index (χ4n) is 3.15. The van der Waals surface area contributed by atoms with E-state index in [0.717, 1.165) is 46.3 Å². The molecule has 0 bridgehead atoms. The van der Waals surface area contributed by atoms with Gasteiger partial charge in [-0.2, -0.15) is 0 Å². The van der Waals surface area contributed by atoms with Crippen LogP contribution < -0.4 is 16.4 Å². The number of hydrogen-bond acceptors (Lipinski definition) is 6. The van der Waals surface area contributed by atoms with Crippen LogP contribution in [0.4, 0.5) is 5.69 Å². The van der Waals surface area contributed by atoms with E-state index in [1.54, 1.807) is 22.7 Å². The lowest BCUT2D eigenvalue weighted by Crippen LogP contribution is -2.42. The molecule has 0 spiro atoms. The topological polar surface area (TPSA) is 63.0 Å². The summed E-state index contributed by atoms with van der Waals surface area (Å²) in [6.45, 7) is 1.77. The first-order valence-corrected chi connectivity index (χ1v) is 11.0. The molecule has 4 N–H and O–H groups in total. The number of rotatable bonds is 4. The molecule has 0 amide bonds. The summed E-state index contributed by atoms with van der Waals surface area (Å²) in [5.74, 6) is 0. The SMILES string of the molecule is N[C@@H]1CCCN[C@@H]1c1sc2c(NCc3cccs3)cc(Cl)nc2c1Br. The standard InChI is InChI=1S/C17H18BrClN4S2/c18-13-15-16(25-17(13)14-10(20)4-1-5-21-14)11(7-12(19)23-15)22-8-9-3-2-6-24-9/h2-3,6-7,10,14,21H,1,4-5,8,20H2,(H,22,23)/t10-,14+/m1/s1. The van der Waals surface area contributed by atoms with Crippen molar-refractivity contribution in [3.05, 3.63) is 43.0 Å². The van der Waals surface area contributed by atoms with Crippen LogP contribution in [0.25, 0.3) is 10.2 Å². The van der Waals surface area contributed by atoms with Gasteiger partial charge in [0.1, 0.15) is 5.15 Å². The quantitative estimate of drug-likeness (QED) is 0.475. The molecule has 0 aromatic carbocycles. The van der Waals surface area contributed by atoms with Gasteiger partial charge in [0.05, 0.1) is 26.4 Å².